The van der Waals surface area contributed by atoms with E-state index in [9.17, 15) is 9.90 Å². The van der Waals surface area contributed by atoms with Crippen molar-refractivity contribution in [2.45, 2.75) is 0 Å². The molecule has 4 heteroatoms. The minimum Gasteiger partial charge on any atom is -0.507 e. The third-order valence-electron chi connectivity index (χ3n) is 4.00. The zero-order valence-electron chi connectivity index (χ0n) is 14.0. The van der Waals surface area contributed by atoms with Crippen LogP contribution in [0, 0.1) is 0 Å². The van der Waals surface area contributed by atoms with Crippen molar-refractivity contribution < 1.29 is 19.4 Å². The van der Waals surface area contributed by atoms with Crippen LogP contribution in [0.5, 0.6) is 17.2 Å². The summed E-state index contributed by atoms with van der Waals surface area (Å²) in [6, 6.07) is 16.7. The van der Waals surface area contributed by atoms with Gasteiger partial charge < -0.3 is 14.6 Å². The molecule has 0 unspecified atom stereocenters. The fourth-order valence-electron chi connectivity index (χ4n) is 2.72. The number of hydrogen-bond acceptors (Lipinski definition) is 4. The van der Waals surface area contributed by atoms with Crippen molar-refractivity contribution in [3.8, 4) is 17.2 Å². The van der Waals surface area contributed by atoms with E-state index in [1.807, 2.05) is 42.5 Å². The second kappa shape index (κ2) is 7.09. The van der Waals surface area contributed by atoms with Crippen LogP contribution in [0.15, 0.2) is 60.7 Å². The van der Waals surface area contributed by atoms with E-state index in [0.29, 0.717) is 11.5 Å². The molecule has 0 aliphatic heterocycles. The average Bonchev–Trinajstić information content (AvgIpc) is 2.65. The number of hydrogen-bond donors (Lipinski definition) is 1. The van der Waals surface area contributed by atoms with Crippen LogP contribution in [0.3, 0.4) is 0 Å². The number of carbonyl (C=O) groups excluding carboxylic acids is 1. The van der Waals surface area contributed by atoms with Crippen molar-refractivity contribution >= 4 is 22.6 Å². The van der Waals surface area contributed by atoms with Gasteiger partial charge in [0.05, 0.1) is 19.8 Å². The Hall–Kier alpha value is -3.27. The van der Waals surface area contributed by atoms with Crippen LogP contribution in [0.4, 0.5) is 0 Å². The predicted octanol–water partition coefficient (Wildman–Crippen LogP) is 4.46. The minimum absolute atomic E-state index is 0.148. The fourth-order valence-corrected chi connectivity index (χ4v) is 2.72. The first kappa shape index (κ1) is 16.6. The van der Waals surface area contributed by atoms with Gasteiger partial charge in [-0.15, -0.1) is 0 Å². The number of rotatable bonds is 5. The van der Waals surface area contributed by atoms with E-state index in [1.165, 1.54) is 32.4 Å². The van der Waals surface area contributed by atoms with E-state index < -0.39 is 0 Å². The SMILES string of the molecule is COc1cc(O)c(C(=O)/C=C/c2cccc3ccccc23)cc1OC. The Kier molecular flexibility index (Phi) is 4.70. The molecule has 0 fully saturated rings. The van der Waals surface area contributed by atoms with Gasteiger partial charge in [-0.3, -0.25) is 4.79 Å². The third kappa shape index (κ3) is 3.33. The summed E-state index contributed by atoms with van der Waals surface area (Å²) in [6.45, 7) is 0. The molecule has 3 rings (SSSR count). The van der Waals surface area contributed by atoms with Gasteiger partial charge >= 0.3 is 0 Å². The van der Waals surface area contributed by atoms with Gasteiger partial charge in [-0.1, -0.05) is 48.5 Å². The van der Waals surface area contributed by atoms with Crippen molar-refractivity contribution in [2.24, 2.45) is 0 Å². The molecule has 0 spiro atoms. The van der Waals surface area contributed by atoms with Crippen molar-refractivity contribution in [3.05, 3.63) is 71.8 Å². The van der Waals surface area contributed by atoms with Crippen LogP contribution in [-0.2, 0) is 0 Å². The number of phenols is 1. The number of fused-ring (bicyclic) bond motifs is 1. The first-order valence-corrected chi connectivity index (χ1v) is 7.79. The minimum atomic E-state index is -0.314. The lowest BCUT2D eigenvalue weighted by atomic mass is 10.0. The number of methoxy groups -OCH3 is 2. The van der Waals surface area contributed by atoms with Crippen molar-refractivity contribution in [1.82, 2.24) is 0 Å². The van der Waals surface area contributed by atoms with Gasteiger partial charge in [-0.05, 0) is 28.5 Å². The van der Waals surface area contributed by atoms with Gasteiger partial charge in [0.2, 0.25) is 0 Å². The molecule has 4 nitrogen and oxygen atoms in total. The van der Waals surface area contributed by atoms with Crippen molar-refractivity contribution in [1.29, 1.82) is 0 Å². The van der Waals surface area contributed by atoms with Gasteiger partial charge in [0.25, 0.3) is 0 Å². The molecular weight excluding hydrogens is 316 g/mol. The standard InChI is InChI=1S/C21H18O4/c1-24-20-12-17(19(23)13-21(20)25-2)18(22)11-10-15-8-5-7-14-6-3-4-9-16(14)15/h3-13,23H,1-2H3/b11-10+. The van der Waals surface area contributed by atoms with E-state index in [2.05, 4.69) is 0 Å². The van der Waals surface area contributed by atoms with Crippen LogP contribution in [0.25, 0.3) is 16.8 Å². The number of benzene rings is 3. The van der Waals surface area contributed by atoms with Crippen LogP contribution < -0.4 is 9.47 Å². The van der Waals surface area contributed by atoms with Gasteiger partial charge in [0, 0.05) is 6.07 Å². The summed E-state index contributed by atoms with van der Waals surface area (Å²) in [4.78, 5) is 12.5. The predicted molar refractivity (Wildman–Crippen MR) is 98.5 cm³/mol. The maximum Gasteiger partial charge on any atom is 0.189 e. The van der Waals surface area contributed by atoms with E-state index in [-0.39, 0.29) is 17.1 Å². The van der Waals surface area contributed by atoms with Crippen LogP contribution in [0.2, 0.25) is 0 Å². The summed E-state index contributed by atoms with van der Waals surface area (Å²) < 4.78 is 10.3. The normalized spacial score (nSPS) is 11.0. The Morgan fingerprint density at radius 1 is 0.960 bits per heavy atom. The number of carbonyl (C=O) groups is 1. The molecule has 3 aromatic carbocycles. The fraction of sp³-hybridized carbons (Fsp3) is 0.0952. The highest BCUT2D eigenvalue weighted by Crippen LogP contribution is 2.34. The molecule has 0 bridgehead atoms. The summed E-state index contributed by atoms with van der Waals surface area (Å²) in [5.74, 6) is 0.299. The highest BCUT2D eigenvalue weighted by Gasteiger charge is 2.14. The quantitative estimate of drug-likeness (QED) is 0.553. The number of ether oxygens (including phenoxy) is 2. The van der Waals surface area contributed by atoms with E-state index >= 15 is 0 Å². The molecule has 0 radical (unpaired) electrons. The highest BCUT2D eigenvalue weighted by atomic mass is 16.5. The first-order chi connectivity index (χ1) is 12.1. The third-order valence-corrected chi connectivity index (χ3v) is 4.00. The largest absolute Gasteiger partial charge is 0.507 e. The molecular formula is C21H18O4. The lowest BCUT2D eigenvalue weighted by Gasteiger charge is -2.10. The molecule has 0 amide bonds. The summed E-state index contributed by atoms with van der Waals surface area (Å²) in [6.07, 6.45) is 3.20. The van der Waals surface area contributed by atoms with E-state index in [1.54, 1.807) is 6.08 Å². The van der Waals surface area contributed by atoms with Gasteiger partial charge in [-0.25, -0.2) is 0 Å². The number of allylic oxidation sites excluding steroid dienone is 1. The Labute approximate surface area is 145 Å². The second-order valence-corrected chi connectivity index (χ2v) is 5.49. The summed E-state index contributed by atoms with van der Waals surface area (Å²) >= 11 is 0. The molecule has 0 aliphatic carbocycles. The number of ketones is 1. The molecule has 25 heavy (non-hydrogen) atoms. The Morgan fingerprint density at radius 3 is 2.40 bits per heavy atom. The Balaban J connectivity index is 1.95. The van der Waals surface area contributed by atoms with Gasteiger partial charge in [-0.2, -0.15) is 0 Å². The molecule has 0 atom stereocenters. The molecule has 0 saturated heterocycles. The monoisotopic (exact) mass is 334 g/mol. The van der Waals surface area contributed by atoms with E-state index in [4.69, 9.17) is 9.47 Å². The molecule has 3 aromatic rings. The van der Waals surface area contributed by atoms with Crippen molar-refractivity contribution in [3.63, 3.8) is 0 Å². The second-order valence-electron chi connectivity index (χ2n) is 5.49. The molecule has 0 heterocycles. The number of aromatic hydroxyl groups is 1. The first-order valence-electron chi connectivity index (χ1n) is 7.79. The summed E-state index contributed by atoms with van der Waals surface area (Å²) in [5.41, 5.74) is 1.10. The van der Waals surface area contributed by atoms with E-state index in [0.717, 1.165) is 16.3 Å². The lowest BCUT2D eigenvalue weighted by molar-refractivity contribution is 0.104. The number of phenolic OH excluding ortho intramolecular Hbond substituents is 1. The molecule has 1 N–H and O–H groups in total. The lowest BCUT2D eigenvalue weighted by Crippen LogP contribution is -1.98. The summed E-state index contributed by atoms with van der Waals surface area (Å²) in [7, 11) is 2.95. The van der Waals surface area contributed by atoms with Crippen LogP contribution in [-0.4, -0.2) is 25.1 Å². The topological polar surface area (TPSA) is 55.8 Å². The highest BCUT2D eigenvalue weighted by molar-refractivity contribution is 6.09. The van der Waals surface area contributed by atoms with Crippen molar-refractivity contribution in [2.75, 3.05) is 14.2 Å². The smallest absolute Gasteiger partial charge is 0.189 e. The zero-order chi connectivity index (χ0) is 17.8. The van der Waals surface area contributed by atoms with Gasteiger partial charge in [0.1, 0.15) is 5.75 Å². The Morgan fingerprint density at radius 2 is 1.64 bits per heavy atom. The average molecular weight is 334 g/mol. The Bertz CT molecular complexity index is 952. The van der Waals surface area contributed by atoms with Gasteiger partial charge in [0.15, 0.2) is 17.3 Å². The van der Waals surface area contributed by atoms with Crippen LogP contribution >= 0.6 is 0 Å². The van der Waals surface area contributed by atoms with Crippen LogP contribution in [0.1, 0.15) is 15.9 Å². The molecule has 0 aliphatic rings. The molecule has 126 valence electrons. The maximum absolute atomic E-state index is 12.5. The zero-order valence-corrected chi connectivity index (χ0v) is 14.0. The summed E-state index contributed by atoms with van der Waals surface area (Å²) in [5, 5.41) is 12.3. The molecule has 0 saturated carbocycles. The molecule has 0 aromatic heterocycles. The maximum atomic E-state index is 12.5.